The molecule has 0 radical (unpaired) electrons. The summed E-state index contributed by atoms with van der Waals surface area (Å²) in [5, 5.41) is 5.87. The van der Waals surface area contributed by atoms with Gasteiger partial charge in [-0.25, -0.2) is 0 Å². The fraction of sp³-hybridized carbons (Fsp3) is 0.364. The molecule has 146 valence electrons. The molecule has 2 aliphatic rings. The highest BCUT2D eigenvalue weighted by molar-refractivity contribution is 5.86. The van der Waals surface area contributed by atoms with Crippen LogP contribution in [0.2, 0.25) is 0 Å². The largest absolute Gasteiger partial charge is 0.370 e. The Hall–Kier alpha value is -2.86. The van der Waals surface area contributed by atoms with Crippen LogP contribution in [-0.4, -0.2) is 44.2 Å². The Morgan fingerprint density at radius 2 is 1.93 bits per heavy atom. The standard InChI is InChI=1S/C22H25N3O3/c26-19-15-28-21(20(24-19)17-8-2-1-3-9-17)22(27)23-12-14-25-13-6-10-16-7-4-5-11-18(16)25/h1-5,7-9,11,20-21H,6,10,12-15H2,(H,23,27)(H,24,26)/t20-,21+/m1/s1. The van der Waals surface area contributed by atoms with Gasteiger partial charge in [-0.3, -0.25) is 9.59 Å². The van der Waals surface area contributed by atoms with Crippen LogP contribution in [0.4, 0.5) is 5.69 Å². The van der Waals surface area contributed by atoms with E-state index in [9.17, 15) is 9.59 Å². The number of nitrogens with one attached hydrogen (secondary N) is 2. The van der Waals surface area contributed by atoms with Gasteiger partial charge in [0.15, 0.2) is 6.10 Å². The first-order valence-electron chi connectivity index (χ1n) is 9.79. The third-order valence-corrected chi connectivity index (χ3v) is 5.32. The van der Waals surface area contributed by atoms with Crippen molar-refractivity contribution in [2.24, 2.45) is 0 Å². The zero-order valence-corrected chi connectivity index (χ0v) is 15.8. The molecule has 0 saturated carbocycles. The minimum atomic E-state index is -0.728. The van der Waals surface area contributed by atoms with E-state index >= 15 is 0 Å². The number of para-hydroxylation sites is 1. The zero-order valence-electron chi connectivity index (χ0n) is 15.8. The fourth-order valence-corrected chi connectivity index (χ4v) is 3.96. The Morgan fingerprint density at radius 3 is 2.79 bits per heavy atom. The number of ether oxygens (including phenoxy) is 1. The number of rotatable bonds is 5. The lowest BCUT2D eigenvalue weighted by Gasteiger charge is -2.33. The summed E-state index contributed by atoms with van der Waals surface area (Å²) in [6.45, 7) is 2.18. The summed E-state index contributed by atoms with van der Waals surface area (Å²) in [6, 6.07) is 17.4. The second-order valence-corrected chi connectivity index (χ2v) is 7.20. The Balaban J connectivity index is 1.37. The molecule has 2 aromatic rings. The molecule has 0 aromatic heterocycles. The molecule has 28 heavy (non-hydrogen) atoms. The van der Waals surface area contributed by atoms with Gasteiger partial charge in [0, 0.05) is 25.3 Å². The normalized spacial score (nSPS) is 21.6. The highest BCUT2D eigenvalue weighted by Crippen LogP contribution is 2.26. The van der Waals surface area contributed by atoms with Gasteiger partial charge in [-0.2, -0.15) is 0 Å². The number of hydrogen-bond acceptors (Lipinski definition) is 4. The molecule has 2 atom stereocenters. The van der Waals surface area contributed by atoms with Crippen molar-refractivity contribution in [3.05, 3.63) is 65.7 Å². The molecule has 0 spiro atoms. The van der Waals surface area contributed by atoms with Gasteiger partial charge in [0.2, 0.25) is 5.91 Å². The molecule has 2 aromatic carbocycles. The van der Waals surface area contributed by atoms with Crippen molar-refractivity contribution < 1.29 is 14.3 Å². The molecular weight excluding hydrogens is 354 g/mol. The van der Waals surface area contributed by atoms with Crippen LogP contribution < -0.4 is 15.5 Å². The van der Waals surface area contributed by atoms with E-state index in [4.69, 9.17) is 4.74 Å². The first kappa shape index (κ1) is 18.5. The van der Waals surface area contributed by atoms with Gasteiger partial charge in [-0.1, -0.05) is 48.5 Å². The number of anilines is 1. The summed E-state index contributed by atoms with van der Waals surface area (Å²) in [5.74, 6) is -0.401. The topological polar surface area (TPSA) is 70.7 Å². The molecule has 1 fully saturated rings. The smallest absolute Gasteiger partial charge is 0.251 e. The van der Waals surface area contributed by atoms with Crippen LogP contribution in [0.5, 0.6) is 0 Å². The number of benzene rings is 2. The van der Waals surface area contributed by atoms with E-state index in [1.807, 2.05) is 30.3 Å². The number of aryl methyl sites for hydroxylation is 1. The number of morpholine rings is 1. The van der Waals surface area contributed by atoms with E-state index in [0.29, 0.717) is 6.54 Å². The maximum Gasteiger partial charge on any atom is 0.251 e. The first-order chi connectivity index (χ1) is 13.7. The maximum atomic E-state index is 12.8. The van der Waals surface area contributed by atoms with E-state index < -0.39 is 12.1 Å². The second kappa shape index (κ2) is 8.44. The average Bonchev–Trinajstić information content (AvgIpc) is 2.74. The van der Waals surface area contributed by atoms with Gasteiger partial charge in [0.05, 0.1) is 6.04 Å². The van der Waals surface area contributed by atoms with Crippen molar-refractivity contribution in [3.8, 4) is 0 Å². The molecule has 0 bridgehead atoms. The molecule has 2 amide bonds. The summed E-state index contributed by atoms with van der Waals surface area (Å²) in [4.78, 5) is 26.9. The fourth-order valence-electron chi connectivity index (χ4n) is 3.96. The van der Waals surface area contributed by atoms with Gasteiger partial charge in [-0.05, 0) is 30.0 Å². The van der Waals surface area contributed by atoms with Crippen molar-refractivity contribution in [2.75, 3.05) is 31.1 Å². The number of fused-ring (bicyclic) bond motifs is 1. The van der Waals surface area contributed by atoms with Gasteiger partial charge in [0.1, 0.15) is 6.61 Å². The minimum Gasteiger partial charge on any atom is -0.370 e. The van der Waals surface area contributed by atoms with Crippen LogP contribution in [0.1, 0.15) is 23.6 Å². The van der Waals surface area contributed by atoms with E-state index in [-0.39, 0.29) is 18.4 Å². The third kappa shape index (κ3) is 4.02. The van der Waals surface area contributed by atoms with Crippen molar-refractivity contribution in [1.82, 2.24) is 10.6 Å². The van der Waals surface area contributed by atoms with Crippen molar-refractivity contribution in [3.63, 3.8) is 0 Å². The Labute approximate surface area is 164 Å². The monoisotopic (exact) mass is 379 g/mol. The number of nitrogens with zero attached hydrogens (tertiary/aromatic N) is 1. The van der Waals surface area contributed by atoms with Crippen LogP contribution in [0, 0.1) is 0 Å². The molecule has 1 saturated heterocycles. The molecule has 6 nitrogen and oxygen atoms in total. The summed E-state index contributed by atoms with van der Waals surface area (Å²) >= 11 is 0. The minimum absolute atomic E-state index is 0.0963. The Bertz CT molecular complexity index is 840. The van der Waals surface area contributed by atoms with E-state index in [1.165, 1.54) is 11.3 Å². The lowest BCUT2D eigenvalue weighted by Crippen LogP contribution is -2.53. The molecule has 4 rings (SSSR count). The summed E-state index contributed by atoms with van der Waals surface area (Å²) in [6.07, 6.45) is 1.50. The highest BCUT2D eigenvalue weighted by Gasteiger charge is 2.35. The van der Waals surface area contributed by atoms with Crippen LogP contribution in [-0.2, 0) is 20.7 Å². The van der Waals surface area contributed by atoms with Crippen molar-refractivity contribution in [1.29, 1.82) is 0 Å². The van der Waals surface area contributed by atoms with E-state index in [0.717, 1.165) is 31.5 Å². The van der Waals surface area contributed by atoms with E-state index in [1.54, 1.807) is 0 Å². The molecular formula is C22H25N3O3. The first-order valence-corrected chi connectivity index (χ1v) is 9.79. The summed E-state index contributed by atoms with van der Waals surface area (Å²) in [5.41, 5.74) is 3.48. The predicted octanol–water partition coefficient (Wildman–Crippen LogP) is 1.81. The van der Waals surface area contributed by atoms with E-state index in [2.05, 4.69) is 39.8 Å². The Morgan fingerprint density at radius 1 is 1.14 bits per heavy atom. The average molecular weight is 379 g/mol. The van der Waals surface area contributed by atoms with Crippen molar-refractivity contribution in [2.45, 2.75) is 25.0 Å². The van der Waals surface area contributed by atoms with Crippen LogP contribution in [0.25, 0.3) is 0 Å². The predicted molar refractivity (Wildman–Crippen MR) is 107 cm³/mol. The Kier molecular flexibility index (Phi) is 5.58. The number of amides is 2. The third-order valence-electron chi connectivity index (χ3n) is 5.32. The number of hydrogen-bond donors (Lipinski definition) is 2. The lowest BCUT2D eigenvalue weighted by atomic mass is 9.99. The van der Waals surface area contributed by atoms with Crippen LogP contribution >= 0.6 is 0 Å². The SMILES string of the molecule is O=C1CO[C@H](C(=O)NCCN2CCCc3ccccc32)[C@@H](c2ccccc2)N1. The molecule has 2 heterocycles. The van der Waals surface area contributed by atoms with Crippen molar-refractivity contribution >= 4 is 17.5 Å². The molecule has 0 unspecified atom stereocenters. The molecule has 2 N–H and O–H groups in total. The molecule has 2 aliphatic heterocycles. The lowest BCUT2D eigenvalue weighted by molar-refractivity contribution is -0.148. The number of carbonyl (C=O) groups is 2. The van der Waals surface area contributed by atoms with Gasteiger partial charge in [0.25, 0.3) is 5.91 Å². The summed E-state index contributed by atoms with van der Waals surface area (Å²) in [7, 11) is 0. The van der Waals surface area contributed by atoms with Gasteiger partial charge < -0.3 is 20.3 Å². The quantitative estimate of drug-likeness (QED) is 0.831. The van der Waals surface area contributed by atoms with Crippen LogP contribution in [0.3, 0.4) is 0 Å². The summed E-state index contributed by atoms with van der Waals surface area (Å²) < 4.78 is 5.58. The zero-order chi connectivity index (χ0) is 19.3. The van der Waals surface area contributed by atoms with Crippen LogP contribution in [0.15, 0.2) is 54.6 Å². The second-order valence-electron chi connectivity index (χ2n) is 7.20. The van der Waals surface area contributed by atoms with Gasteiger partial charge in [-0.15, -0.1) is 0 Å². The molecule has 0 aliphatic carbocycles. The number of carbonyl (C=O) groups excluding carboxylic acids is 2. The van der Waals surface area contributed by atoms with Gasteiger partial charge >= 0.3 is 0 Å². The molecule has 6 heteroatoms. The maximum absolute atomic E-state index is 12.8. The highest BCUT2D eigenvalue weighted by atomic mass is 16.5.